The van der Waals surface area contributed by atoms with E-state index in [1.807, 2.05) is 29.8 Å². The van der Waals surface area contributed by atoms with Crippen LogP contribution in [0.15, 0.2) is 47.6 Å². The van der Waals surface area contributed by atoms with Gasteiger partial charge in [0.05, 0.1) is 11.0 Å². The normalized spacial score (nSPS) is 19.4. The molecule has 0 spiro atoms. The van der Waals surface area contributed by atoms with E-state index >= 15 is 0 Å². The first kappa shape index (κ1) is 20.0. The predicted octanol–water partition coefficient (Wildman–Crippen LogP) is 5.31. The molecule has 1 amide bonds. The standard InChI is InChI=1S/C23H26FN3OS/c1-15-5-3-4-6-19(15)25-22(28)17-9-12-20-21(13-17)27(2)23(26-20)29-14-16-7-10-18(24)11-8-16/h7-13,15,19H,3-6,14H2,1-2H3,(H,25,28)/t15-,19-/m1/s1. The van der Waals surface area contributed by atoms with Gasteiger partial charge >= 0.3 is 0 Å². The summed E-state index contributed by atoms with van der Waals surface area (Å²) in [4.78, 5) is 17.5. The molecular weight excluding hydrogens is 385 g/mol. The molecule has 1 N–H and O–H groups in total. The van der Waals surface area contributed by atoms with E-state index in [4.69, 9.17) is 4.98 Å². The number of nitrogens with one attached hydrogen (secondary N) is 1. The van der Waals surface area contributed by atoms with Crippen molar-refractivity contribution in [1.29, 1.82) is 0 Å². The van der Waals surface area contributed by atoms with Crippen molar-refractivity contribution in [2.45, 2.75) is 49.6 Å². The third-order valence-electron chi connectivity index (χ3n) is 5.81. The highest BCUT2D eigenvalue weighted by Crippen LogP contribution is 2.27. The molecule has 6 heteroatoms. The second-order valence-electron chi connectivity index (χ2n) is 7.91. The van der Waals surface area contributed by atoms with Crippen molar-refractivity contribution in [3.8, 4) is 0 Å². The molecule has 1 aromatic heterocycles. The van der Waals surface area contributed by atoms with Crippen LogP contribution in [-0.2, 0) is 12.8 Å². The van der Waals surface area contributed by atoms with Gasteiger partial charge in [-0.1, -0.05) is 43.7 Å². The number of hydrogen-bond acceptors (Lipinski definition) is 3. The Labute approximate surface area is 174 Å². The van der Waals surface area contributed by atoms with Crippen molar-refractivity contribution in [2.75, 3.05) is 0 Å². The van der Waals surface area contributed by atoms with E-state index < -0.39 is 0 Å². The van der Waals surface area contributed by atoms with Crippen LogP contribution < -0.4 is 5.32 Å². The number of aromatic nitrogens is 2. The lowest BCUT2D eigenvalue weighted by atomic mass is 9.86. The molecule has 29 heavy (non-hydrogen) atoms. The summed E-state index contributed by atoms with van der Waals surface area (Å²) in [7, 11) is 1.97. The van der Waals surface area contributed by atoms with E-state index in [0.29, 0.717) is 17.2 Å². The van der Waals surface area contributed by atoms with Crippen molar-refractivity contribution in [3.05, 3.63) is 59.4 Å². The molecule has 0 aliphatic heterocycles. The third kappa shape index (κ3) is 4.47. The number of rotatable bonds is 5. The van der Waals surface area contributed by atoms with E-state index in [1.165, 1.54) is 31.4 Å². The molecule has 4 nitrogen and oxygen atoms in total. The number of amides is 1. The van der Waals surface area contributed by atoms with Crippen molar-refractivity contribution < 1.29 is 9.18 Å². The Balaban J connectivity index is 1.49. The van der Waals surface area contributed by atoms with Crippen LogP contribution in [-0.4, -0.2) is 21.5 Å². The summed E-state index contributed by atoms with van der Waals surface area (Å²) in [6.07, 6.45) is 4.68. The number of imidazole rings is 1. The lowest BCUT2D eigenvalue weighted by Gasteiger charge is -2.29. The van der Waals surface area contributed by atoms with Gasteiger partial charge in [0, 0.05) is 24.4 Å². The Kier molecular flexibility index (Phi) is 5.90. The van der Waals surface area contributed by atoms with Gasteiger partial charge in [-0.05, 0) is 54.7 Å². The van der Waals surface area contributed by atoms with Crippen molar-refractivity contribution in [2.24, 2.45) is 13.0 Å². The van der Waals surface area contributed by atoms with E-state index in [-0.39, 0.29) is 17.8 Å². The van der Waals surface area contributed by atoms with Crippen molar-refractivity contribution >= 4 is 28.7 Å². The zero-order chi connectivity index (χ0) is 20.4. The summed E-state index contributed by atoms with van der Waals surface area (Å²) in [5.74, 6) is 1.01. The number of aryl methyl sites for hydroxylation is 1. The van der Waals surface area contributed by atoms with Gasteiger partial charge in [0.15, 0.2) is 5.16 Å². The maximum Gasteiger partial charge on any atom is 0.251 e. The number of carbonyl (C=O) groups is 1. The number of hydrogen-bond donors (Lipinski definition) is 1. The van der Waals surface area contributed by atoms with Crippen LogP contribution >= 0.6 is 11.8 Å². The summed E-state index contributed by atoms with van der Waals surface area (Å²) < 4.78 is 15.1. The Bertz CT molecular complexity index is 1010. The van der Waals surface area contributed by atoms with Gasteiger partial charge in [0.25, 0.3) is 5.91 Å². The highest BCUT2D eigenvalue weighted by molar-refractivity contribution is 7.98. The second kappa shape index (κ2) is 8.57. The summed E-state index contributed by atoms with van der Waals surface area (Å²) in [5.41, 5.74) is 3.53. The fourth-order valence-corrected chi connectivity index (χ4v) is 4.89. The molecule has 152 valence electrons. The number of nitrogens with zero attached hydrogens (tertiary/aromatic N) is 2. The Morgan fingerprint density at radius 3 is 2.72 bits per heavy atom. The van der Waals surface area contributed by atoms with Crippen molar-refractivity contribution in [1.82, 2.24) is 14.9 Å². The smallest absolute Gasteiger partial charge is 0.251 e. The molecule has 0 unspecified atom stereocenters. The molecule has 1 aliphatic rings. The van der Waals surface area contributed by atoms with Gasteiger partial charge < -0.3 is 9.88 Å². The Morgan fingerprint density at radius 2 is 1.97 bits per heavy atom. The molecule has 1 saturated carbocycles. The monoisotopic (exact) mass is 411 g/mol. The van der Waals surface area contributed by atoms with E-state index in [9.17, 15) is 9.18 Å². The van der Waals surface area contributed by atoms with E-state index in [0.717, 1.165) is 28.2 Å². The maximum absolute atomic E-state index is 13.1. The molecule has 4 rings (SSSR count). The van der Waals surface area contributed by atoms with Gasteiger partial charge in [0.1, 0.15) is 5.82 Å². The Hall–Kier alpha value is -2.34. The first-order chi connectivity index (χ1) is 14.0. The average molecular weight is 412 g/mol. The maximum atomic E-state index is 13.1. The number of benzene rings is 2. The molecule has 0 saturated heterocycles. The first-order valence-corrected chi connectivity index (χ1v) is 11.1. The van der Waals surface area contributed by atoms with Crippen LogP contribution in [0.4, 0.5) is 4.39 Å². The van der Waals surface area contributed by atoms with Crippen LogP contribution in [0, 0.1) is 11.7 Å². The molecule has 3 aromatic rings. The van der Waals surface area contributed by atoms with Gasteiger partial charge in [-0.2, -0.15) is 0 Å². The summed E-state index contributed by atoms with van der Waals surface area (Å²) in [5, 5.41) is 4.10. The molecule has 1 heterocycles. The molecule has 2 atom stereocenters. The number of thioether (sulfide) groups is 1. The van der Waals surface area contributed by atoms with Crippen molar-refractivity contribution in [3.63, 3.8) is 0 Å². The number of fused-ring (bicyclic) bond motifs is 1. The quantitative estimate of drug-likeness (QED) is 0.579. The van der Waals surface area contributed by atoms with Crippen LogP contribution in [0.3, 0.4) is 0 Å². The fraction of sp³-hybridized carbons (Fsp3) is 0.391. The molecule has 2 aromatic carbocycles. The third-order valence-corrected chi connectivity index (χ3v) is 6.91. The van der Waals surface area contributed by atoms with Crippen LogP contribution in [0.1, 0.15) is 48.5 Å². The van der Waals surface area contributed by atoms with Gasteiger partial charge in [-0.25, -0.2) is 9.37 Å². The average Bonchev–Trinajstić information content (AvgIpc) is 3.04. The minimum absolute atomic E-state index is 0.00707. The second-order valence-corrected chi connectivity index (χ2v) is 8.86. The lowest BCUT2D eigenvalue weighted by molar-refractivity contribution is 0.0910. The molecular formula is C23H26FN3OS. The Morgan fingerprint density at radius 1 is 1.21 bits per heavy atom. The van der Waals surface area contributed by atoms with Crippen LogP contribution in [0.5, 0.6) is 0 Å². The highest BCUT2D eigenvalue weighted by Gasteiger charge is 2.23. The molecule has 0 bridgehead atoms. The first-order valence-electron chi connectivity index (χ1n) is 10.2. The zero-order valence-electron chi connectivity index (χ0n) is 16.8. The van der Waals surface area contributed by atoms with E-state index in [1.54, 1.807) is 23.9 Å². The lowest BCUT2D eigenvalue weighted by Crippen LogP contribution is -2.41. The summed E-state index contributed by atoms with van der Waals surface area (Å²) in [6, 6.07) is 12.5. The highest BCUT2D eigenvalue weighted by atomic mass is 32.2. The van der Waals surface area contributed by atoms with Gasteiger partial charge in [-0.15, -0.1) is 0 Å². The molecule has 0 radical (unpaired) electrons. The zero-order valence-corrected chi connectivity index (χ0v) is 17.6. The summed E-state index contributed by atoms with van der Waals surface area (Å²) >= 11 is 1.60. The summed E-state index contributed by atoms with van der Waals surface area (Å²) in [6.45, 7) is 2.22. The topological polar surface area (TPSA) is 46.9 Å². The minimum Gasteiger partial charge on any atom is -0.349 e. The van der Waals surface area contributed by atoms with Gasteiger partial charge in [-0.3, -0.25) is 4.79 Å². The van der Waals surface area contributed by atoms with Gasteiger partial charge in [0.2, 0.25) is 0 Å². The van der Waals surface area contributed by atoms with Crippen LogP contribution in [0.2, 0.25) is 0 Å². The number of carbonyl (C=O) groups excluding carboxylic acids is 1. The molecule has 1 fully saturated rings. The molecule has 1 aliphatic carbocycles. The number of halogens is 1. The van der Waals surface area contributed by atoms with Crippen LogP contribution in [0.25, 0.3) is 11.0 Å². The van der Waals surface area contributed by atoms with E-state index in [2.05, 4.69) is 12.2 Å². The minimum atomic E-state index is -0.227. The SMILES string of the molecule is C[C@@H]1CCCC[C@H]1NC(=O)c1ccc2nc(SCc3ccc(F)cc3)n(C)c2c1. The predicted molar refractivity (Wildman–Crippen MR) is 116 cm³/mol. The largest absolute Gasteiger partial charge is 0.349 e. The fourth-order valence-electron chi connectivity index (χ4n) is 3.95.